The van der Waals surface area contributed by atoms with Crippen LogP contribution in [0, 0.1) is 0 Å². The van der Waals surface area contributed by atoms with Crippen molar-refractivity contribution < 1.29 is 14.3 Å². The lowest BCUT2D eigenvalue weighted by atomic mass is 9.98. The molecule has 0 saturated heterocycles. The highest BCUT2D eigenvalue weighted by molar-refractivity contribution is 7.99. The van der Waals surface area contributed by atoms with Crippen LogP contribution in [0.1, 0.15) is 38.8 Å². The Labute approximate surface area is 166 Å². The van der Waals surface area contributed by atoms with Gasteiger partial charge in [-0.1, -0.05) is 71.9 Å². The van der Waals surface area contributed by atoms with E-state index in [2.05, 4.69) is 0 Å². The van der Waals surface area contributed by atoms with E-state index in [0.717, 1.165) is 15.4 Å². The molecular weight excluding hydrogens is 380 g/mol. The molecule has 3 aromatic carbocycles. The molecule has 0 spiro atoms. The van der Waals surface area contributed by atoms with Crippen molar-refractivity contribution in [1.82, 2.24) is 0 Å². The van der Waals surface area contributed by atoms with Crippen molar-refractivity contribution in [3.05, 3.63) is 94.5 Å². The number of cyclic esters (lactones) is 1. The molecule has 3 aromatic rings. The predicted octanol–water partition coefficient (Wildman–Crippen LogP) is 5.98. The maximum Gasteiger partial charge on any atom is 0.339 e. The normalized spacial score (nSPS) is 15.3. The molecule has 0 saturated carbocycles. The van der Waals surface area contributed by atoms with Crippen molar-refractivity contribution in [3.8, 4) is 0 Å². The second kappa shape index (κ2) is 7.59. The third-order valence-electron chi connectivity index (χ3n) is 4.39. The van der Waals surface area contributed by atoms with E-state index in [-0.39, 0.29) is 18.2 Å². The molecule has 0 aromatic heterocycles. The van der Waals surface area contributed by atoms with Gasteiger partial charge in [-0.05, 0) is 24.3 Å². The number of carbonyl (C=O) groups excluding carboxylic acids is 2. The predicted molar refractivity (Wildman–Crippen MR) is 106 cm³/mol. The lowest BCUT2D eigenvalue weighted by Gasteiger charge is -2.13. The van der Waals surface area contributed by atoms with Gasteiger partial charge in [-0.3, -0.25) is 4.79 Å². The molecule has 0 bridgehead atoms. The number of fused-ring (bicyclic) bond motifs is 1. The summed E-state index contributed by atoms with van der Waals surface area (Å²) in [6, 6.07) is 22.1. The lowest BCUT2D eigenvalue weighted by molar-refractivity contribution is 0.0367. The van der Waals surface area contributed by atoms with E-state index >= 15 is 0 Å². The van der Waals surface area contributed by atoms with Gasteiger partial charge in [0.2, 0.25) is 0 Å². The number of carbonyl (C=O) groups is 2. The van der Waals surface area contributed by atoms with E-state index in [0.29, 0.717) is 16.1 Å². The van der Waals surface area contributed by atoms with Gasteiger partial charge in [0.15, 0.2) is 5.78 Å². The third kappa shape index (κ3) is 3.64. The summed E-state index contributed by atoms with van der Waals surface area (Å²) in [4.78, 5) is 26.7. The standard InChI is InChI=1S/C22H15ClO3S/c23-17-10-4-6-12-21(17)27-20-11-5-3-9-16(20)18(24)13-19-14-7-1-2-8-15(14)22(25)26-19/h1-12,19H,13H2. The summed E-state index contributed by atoms with van der Waals surface area (Å²) >= 11 is 7.71. The van der Waals surface area contributed by atoms with Crippen molar-refractivity contribution in [2.75, 3.05) is 0 Å². The van der Waals surface area contributed by atoms with Crippen LogP contribution < -0.4 is 0 Å². The molecule has 0 aliphatic carbocycles. The zero-order chi connectivity index (χ0) is 18.8. The Kier molecular flexibility index (Phi) is 5.01. The van der Waals surface area contributed by atoms with Crippen molar-refractivity contribution in [2.24, 2.45) is 0 Å². The molecule has 1 atom stereocenters. The number of benzene rings is 3. The third-order valence-corrected chi connectivity index (χ3v) is 5.99. The van der Waals surface area contributed by atoms with Crippen LogP contribution in [0.3, 0.4) is 0 Å². The molecule has 0 radical (unpaired) electrons. The largest absolute Gasteiger partial charge is 0.453 e. The number of rotatable bonds is 5. The van der Waals surface area contributed by atoms with Gasteiger partial charge in [0.25, 0.3) is 0 Å². The lowest BCUT2D eigenvalue weighted by Crippen LogP contribution is -2.08. The first kappa shape index (κ1) is 17.8. The highest BCUT2D eigenvalue weighted by Gasteiger charge is 2.32. The summed E-state index contributed by atoms with van der Waals surface area (Å²) < 4.78 is 5.41. The Morgan fingerprint density at radius 2 is 1.59 bits per heavy atom. The Hall–Kier alpha value is -2.56. The first-order valence-electron chi connectivity index (χ1n) is 8.48. The molecule has 1 unspecified atom stereocenters. The van der Waals surface area contributed by atoms with Gasteiger partial charge in [0, 0.05) is 20.9 Å². The summed E-state index contributed by atoms with van der Waals surface area (Å²) in [6.07, 6.45) is -0.428. The average Bonchev–Trinajstić information content (AvgIpc) is 3.00. The summed E-state index contributed by atoms with van der Waals surface area (Å²) in [5, 5.41) is 0.642. The van der Waals surface area contributed by atoms with Crippen LogP contribution in [0.15, 0.2) is 82.6 Å². The van der Waals surface area contributed by atoms with Gasteiger partial charge in [-0.25, -0.2) is 4.79 Å². The molecule has 0 fully saturated rings. The van der Waals surface area contributed by atoms with Crippen LogP contribution in [0.2, 0.25) is 5.02 Å². The Bertz CT molecular complexity index is 1030. The maximum atomic E-state index is 13.0. The molecule has 3 nitrogen and oxygen atoms in total. The van der Waals surface area contributed by atoms with Gasteiger partial charge in [-0.2, -0.15) is 0 Å². The van der Waals surface area contributed by atoms with Crippen LogP contribution >= 0.6 is 23.4 Å². The molecule has 0 N–H and O–H groups in total. The van der Waals surface area contributed by atoms with Gasteiger partial charge in [0.05, 0.1) is 17.0 Å². The molecule has 0 amide bonds. The molecule has 5 heteroatoms. The molecule has 1 heterocycles. The minimum absolute atomic E-state index is 0.0698. The highest BCUT2D eigenvalue weighted by atomic mass is 35.5. The van der Waals surface area contributed by atoms with E-state index in [1.165, 1.54) is 11.8 Å². The molecule has 27 heavy (non-hydrogen) atoms. The van der Waals surface area contributed by atoms with Crippen molar-refractivity contribution in [3.63, 3.8) is 0 Å². The number of ketones is 1. The summed E-state index contributed by atoms with van der Waals surface area (Å²) in [5.41, 5.74) is 1.91. The van der Waals surface area contributed by atoms with Crippen LogP contribution in [-0.4, -0.2) is 11.8 Å². The zero-order valence-corrected chi connectivity index (χ0v) is 15.8. The second-order valence-electron chi connectivity index (χ2n) is 6.14. The molecule has 1 aliphatic heterocycles. The second-order valence-corrected chi connectivity index (χ2v) is 7.63. The van der Waals surface area contributed by atoms with Crippen LogP contribution in [0.25, 0.3) is 0 Å². The Balaban J connectivity index is 1.59. The molecular formula is C22H15ClO3S. The van der Waals surface area contributed by atoms with Crippen LogP contribution in [0.4, 0.5) is 0 Å². The van der Waals surface area contributed by atoms with Crippen molar-refractivity contribution >= 4 is 35.1 Å². The number of hydrogen-bond donors (Lipinski definition) is 0. The van der Waals surface area contributed by atoms with Gasteiger partial charge < -0.3 is 4.74 Å². The SMILES string of the molecule is O=C(CC1OC(=O)c2ccccc21)c1ccccc1Sc1ccccc1Cl. The molecule has 4 rings (SSSR count). The fourth-order valence-electron chi connectivity index (χ4n) is 3.08. The van der Waals surface area contributed by atoms with Crippen molar-refractivity contribution in [1.29, 1.82) is 0 Å². The fourth-order valence-corrected chi connectivity index (χ4v) is 4.32. The Morgan fingerprint density at radius 1 is 0.926 bits per heavy atom. The van der Waals surface area contributed by atoms with Gasteiger partial charge in [-0.15, -0.1) is 0 Å². The monoisotopic (exact) mass is 394 g/mol. The van der Waals surface area contributed by atoms with Crippen molar-refractivity contribution in [2.45, 2.75) is 22.3 Å². The summed E-state index contributed by atoms with van der Waals surface area (Å²) in [7, 11) is 0. The smallest absolute Gasteiger partial charge is 0.339 e. The van der Waals surface area contributed by atoms with E-state index in [9.17, 15) is 9.59 Å². The van der Waals surface area contributed by atoms with Crippen LogP contribution in [-0.2, 0) is 4.74 Å². The van der Waals surface area contributed by atoms with Crippen LogP contribution in [0.5, 0.6) is 0 Å². The topological polar surface area (TPSA) is 43.4 Å². The number of ether oxygens (including phenoxy) is 1. The fraction of sp³-hybridized carbons (Fsp3) is 0.0909. The number of Topliss-reactive ketones (excluding diaryl/α,β-unsaturated/α-hetero) is 1. The number of hydrogen-bond acceptors (Lipinski definition) is 4. The van der Waals surface area contributed by atoms with Gasteiger partial charge in [0.1, 0.15) is 6.10 Å². The van der Waals surface area contributed by atoms with Gasteiger partial charge >= 0.3 is 5.97 Å². The summed E-state index contributed by atoms with van der Waals surface area (Å²) in [5.74, 6) is -0.443. The summed E-state index contributed by atoms with van der Waals surface area (Å²) in [6.45, 7) is 0. The van der Waals surface area contributed by atoms with E-state index < -0.39 is 6.10 Å². The zero-order valence-electron chi connectivity index (χ0n) is 14.2. The maximum absolute atomic E-state index is 13.0. The first-order valence-corrected chi connectivity index (χ1v) is 9.67. The molecule has 134 valence electrons. The van der Waals surface area contributed by atoms with E-state index in [4.69, 9.17) is 16.3 Å². The Morgan fingerprint density at radius 3 is 2.41 bits per heavy atom. The average molecular weight is 395 g/mol. The van der Waals surface area contributed by atoms with E-state index in [1.807, 2.05) is 54.6 Å². The first-order chi connectivity index (χ1) is 13.1. The quantitative estimate of drug-likeness (QED) is 0.394. The van der Waals surface area contributed by atoms with E-state index in [1.54, 1.807) is 18.2 Å². The molecule has 1 aliphatic rings. The number of halogens is 1. The minimum atomic E-state index is -0.542. The number of esters is 1. The highest BCUT2D eigenvalue weighted by Crippen LogP contribution is 2.37. The minimum Gasteiger partial charge on any atom is -0.453 e.